The van der Waals surface area contributed by atoms with Crippen LogP contribution in [0.3, 0.4) is 0 Å². The highest BCUT2D eigenvalue weighted by Gasteiger charge is 2.11. The molecule has 1 nitrogen and oxygen atoms in total. The fourth-order valence-electron chi connectivity index (χ4n) is 1.81. The summed E-state index contributed by atoms with van der Waals surface area (Å²) in [6, 6.07) is 18.9. The predicted molar refractivity (Wildman–Crippen MR) is 102 cm³/mol. The van der Waals surface area contributed by atoms with E-state index in [1.165, 1.54) is 10.5 Å². The van der Waals surface area contributed by atoms with E-state index in [9.17, 15) is 0 Å². The molecular formula is C19H23NSSi. The van der Waals surface area contributed by atoms with E-state index >= 15 is 0 Å². The smallest absolute Gasteiger partial charge is 0.139 e. The van der Waals surface area contributed by atoms with Gasteiger partial charge in [0.2, 0.25) is 0 Å². The Morgan fingerprint density at radius 2 is 1.59 bits per heavy atom. The molecule has 0 aliphatic rings. The van der Waals surface area contributed by atoms with Crippen LogP contribution in [0.25, 0.3) is 0 Å². The molecule has 1 atom stereocenters. The summed E-state index contributed by atoms with van der Waals surface area (Å²) in [4.78, 5) is 1.23. The zero-order valence-electron chi connectivity index (χ0n) is 13.7. The number of benzene rings is 2. The summed E-state index contributed by atoms with van der Waals surface area (Å²) in [6.07, 6.45) is 0. The number of anilines is 1. The van der Waals surface area contributed by atoms with Gasteiger partial charge in [-0.15, -0.1) is 5.54 Å². The summed E-state index contributed by atoms with van der Waals surface area (Å²) in [5.74, 6) is 3.43. The van der Waals surface area contributed by atoms with E-state index in [4.69, 9.17) is 0 Å². The summed E-state index contributed by atoms with van der Waals surface area (Å²) in [5.41, 5.74) is 5.86. The maximum Gasteiger partial charge on any atom is 0.139 e. The van der Waals surface area contributed by atoms with Gasteiger partial charge in [0.15, 0.2) is 0 Å². The van der Waals surface area contributed by atoms with Crippen molar-refractivity contribution < 1.29 is 0 Å². The van der Waals surface area contributed by atoms with Gasteiger partial charge in [-0.05, 0) is 31.2 Å². The zero-order chi connectivity index (χ0) is 16.0. The Bertz CT molecular complexity index is 648. The maximum atomic E-state index is 3.54. The number of rotatable bonds is 4. The molecule has 1 N–H and O–H groups in total. The Morgan fingerprint density at radius 1 is 0.955 bits per heavy atom. The normalized spacial score (nSPS) is 12.2. The first kappa shape index (κ1) is 16.7. The predicted octanol–water partition coefficient (Wildman–Crippen LogP) is 5.41. The second-order valence-electron chi connectivity index (χ2n) is 6.34. The molecule has 22 heavy (non-hydrogen) atoms. The SMILES string of the molecule is Cc1ccc(NC(C#C[Si](C)(C)C)Sc2ccccc2)cc1. The van der Waals surface area contributed by atoms with Crippen molar-refractivity contribution in [3.63, 3.8) is 0 Å². The molecule has 3 heteroatoms. The van der Waals surface area contributed by atoms with Gasteiger partial charge in [0.25, 0.3) is 0 Å². The standard InChI is InChI=1S/C19H23NSSi/c1-16-10-12-17(13-11-16)20-19(14-15-22(2,3)4)21-18-8-6-5-7-9-18/h5-13,19-20H,1-4H3. The summed E-state index contributed by atoms with van der Waals surface area (Å²) >= 11 is 1.77. The minimum atomic E-state index is -1.38. The molecule has 0 aliphatic carbocycles. The lowest BCUT2D eigenvalue weighted by molar-refractivity contribution is 1.27. The molecule has 2 aromatic rings. The maximum absolute atomic E-state index is 3.54. The van der Waals surface area contributed by atoms with Crippen LogP contribution in [0.2, 0.25) is 19.6 Å². The molecule has 0 fully saturated rings. The Labute approximate surface area is 139 Å². The monoisotopic (exact) mass is 325 g/mol. The van der Waals surface area contributed by atoms with Crippen molar-refractivity contribution in [3.05, 3.63) is 60.2 Å². The van der Waals surface area contributed by atoms with Crippen molar-refractivity contribution in [2.45, 2.75) is 36.8 Å². The molecule has 2 rings (SSSR count). The fraction of sp³-hybridized carbons (Fsp3) is 0.263. The first-order chi connectivity index (χ1) is 10.4. The van der Waals surface area contributed by atoms with E-state index in [2.05, 4.69) is 91.9 Å². The van der Waals surface area contributed by atoms with Crippen molar-refractivity contribution in [2.75, 3.05) is 5.32 Å². The molecule has 0 spiro atoms. The third kappa shape index (κ3) is 6.01. The largest absolute Gasteiger partial charge is 0.363 e. The molecule has 0 heterocycles. The highest BCUT2D eigenvalue weighted by molar-refractivity contribution is 8.00. The van der Waals surface area contributed by atoms with Crippen LogP contribution in [0.15, 0.2) is 59.5 Å². The van der Waals surface area contributed by atoms with Crippen molar-refractivity contribution in [1.82, 2.24) is 0 Å². The molecular weight excluding hydrogens is 302 g/mol. The van der Waals surface area contributed by atoms with Gasteiger partial charge in [0.1, 0.15) is 13.4 Å². The van der Waals surface area contributed by atoms with Crippen molar-refractivity contribution >= 4 is 25.5 Å². The molecule has 0 bridgehead atoms. The quantitative estimate of drug-likeness (QED) is 0.349. The third-order valence-electron chi connectivity index (χ3n) is 2.92. The second-order valence-corrected chi connectivity index (χ2v) is 12.3. The van der Waals surface area contributed by atoms with Crippen LogP contribution >= 0.6 is 11.8 Å². The van der Waals surface area contributed by atoms with Gasteiger partial charge in [-0.1, -0.05) is 73.2 Å². The molecule has 0 aliphatic heterocycles. The van der Waals surface area contributed by atoms with Crippen molar-refractivity contribution in [1.29, 1.82) is 0 Å². The number of thioether (sulfide) groups is 1. The third-order valence-corrected chi connectivity index (χ3v) is 4.83. The van der Waals surface area contributed by atoms with Crippen LogP contribution in [0.5, 0.6) is 0 Å². The Morgan fingerprint density at radius 3 is 2.18 bits per heavy atom. The summed E-state index contributed by atoms with van der Waals surface area (Å²) in [6.45, 7) is 8.92. The number of nitrogens with one attached hydrogen (secondary N) is 1. The average Bonchev–Trinajstić information content (AvgIpc) is 2.47. The van der Waals surface area contributed by atoms with Crippen LogP contribution in [-0.2, 0) is 0 Å². The van der Waals surface area contributed by atoms with Gasteiger partial charge >= 0.3 is 0 Å². The molecule has 0 aromatic heterocycles. The van der Waals surface area contributed by atoms with Crippen LogP contribution in [-0.4, -0.2) is 13.4 Å². The Balaban J connectivity index is 2.17. The van der Waals surface area contributed by atoms with Gasteiger partial charge in [-0.3, -0.25) is 0 Å². The summed E-state index contributed by atoms with van der Waals surface area (Å²) in [5, 5.41) is 3.61. The van der Waals surface area contributed by atoms with Crippen molar-refractivity contribution in [2.24, 2.45) is 0 Å². The van der Waals surface area contributed by atoms with Crippen LogP contribution in [0, 0.1) is 18.4 Å². The lowest BCUT2D eigenvalue weighted by Crippen LogP contribution is -2.19. The Hall–Kier alpha value is -1.63. The average molecular weight is 326 g/mol. The van der Waals surface area contributed by atoms with E-state index < -0.39 is 8.07 Å². The molecule has 0 radical (unpaired) electrons. The number of hydrogen-bond donors (Lipinski definition) is 1. The van der Waals surface area contributed by atoms with Crippen molar-refractivity contribution in [3.8, 4) is 11.5 Å². The lowest BCUT2D eigenvalue weighted by Gasteiger charge is -2.15. The highest BCUT2D eigenvalue weighted by atomic mass is 32.2. The minimum Gasteiger partial charge on any atom is -0.363 e. The summed E-state index contributed by atoms with van der Waals surface area (Å²) in [7, 11) is -1.38. The molecule has 1 unspecified atom stereocenters. The van der Waals surface area contributed by atoms with E-state index in [0.717, 1.165) is 5.69 Å². The second kappa shape index (κ2) is 7.58. The van der Waals surface area contributed by atoms with E-state index in [1.807, 2.05) is 6.07 Å². The fourth-order valence-corrected chi connectivity index (χ4v) is 3.39. The van der Waals surface area contributed by atoms with Crippen LogP contribution in [0.1, 0.15) is 5.56 Å². The topological polar surface area (TPSA) is 12.0 Å². The van der Waals surface area contributed by atoms with E-state index in [0.29, 0.717) is 0 Å². The lowest BCUT2D eigenvalue weighted by atomic mass is 10.2. The van der Waals surface area contributed by atoms with E-state index in [1.54, 1.807) is 11.8 Å². The van der Waals surface area contributed by atoms with E-state index in [-0.39, 0.29) is 5.37 Å². The first-order valence-electron chi connectivity index (χ1n) is 7.50. The number of hydrogen-bond acceptors (Lipinski definition) is 2. The van der Waals surface area contributed by atoms with Gasteiger partial charge in [-0.25, -0.2) is 0 Å². The molecule has 2 aromatic carbocycles. The van der Waals surface area contributed by atoms with Gasteiger partial charge in [0, 0.05) is 10.6 Å². The first-order valence-corrected chi connectivity index (χ1v) is 11.9. The molecule has 0 amide bonds. The summed E-state index contributed by atoms with van der Waals surface area (Å²) < 4.78 is 0. The molecule has 114 valence electrons. The zero-order valence-corrected chi connectivity index (χ0v) is 15.5. The molecule has 0 saturated carbocycles. The number of aryl methyl sites for hydroxylation is 1. The van der Waals surface area contributed by atoms with Gasteiger partial charge < -0.3 is 5.32 Å². The Kier molecular flexibility index (Phi) is 5.76. The highest BCUT2D eigenvalue weighted by Crippen LogP contribution is 2.24. The molecule has 0 saturated heterocycles. The minimum absolute atomic E-state index is 0.0665. The van der Waals surface area contributed by atoms with Crippen LogP contribution < -0.4 is 5.32 Å². The van der Waals surface area contributed by atoms with Gasteiger partial charge in [0.05, 0.1) is 0 Å². The van der Waals surface area contributed by atoms with Crippen LogP contribution in [0.4, 0.5) is 5.69 Å². The van der Waals surface area contributed by atoms with Gasteiger partial charge in [-0.2, -0.15) is 0 Å².